The molecule has 0 aliphatic carbocycles. The van der Waals surface area contributed by atoms with Crippen LogP contribution in [0, 0.1) is 0 Å². The minimum atomic E-state index is 0.750. The van der Waals surface area contributed by atoms with E-state index in [0.29, 0.717) is 0 Å². The summed E-state index contributed by atoms with van der Waals surface area (Å²) in [5.74, 6) is 2.42. The summed E-state index contributed by atoms with van der Waals surface area (Å²) in [4.78, 5) is 0. The molecule has 0 spiro atoms. The number of hydrogen-bond donors (Lipinski definition) is 0. The number of thiophene rings is 1. The van der Waals surface area contributed by atoms with Crippen LogP contribution in [0.3, 0.4) is 0 Å². The van der Waals surface area contributed by atoms with E-state index >= 15 is 0 Å². The van der Waals surface area contributed by atoms with E-state index in [1.165, 1.54) is 5.39 Å². The number of hydrogen-bond acceptors (Lipinski definition) is 4. The van der Waals surface area contributed by atoms with E-state index < -0.39 is 0 Å². The van der Waals surface area contributed by atoms with E-state index in [2.05, 4.69) is 12.1 Å². The van der Waals surface area contributed by atoms with E-state index in [1.807, 2.05) is 18.2 Å². The second kappa shape index (κ2) is 4.63. The van der Waals surface area contributed by atoms with E-state index in [9.17, 15) is 0 Å². The highest BCUT2D eigenvalue weighted by Gasteiger charge is 2.15. The third-order valence-electron chi connectivity index (χ3n) is 3.19. The molecule has 3 aromatic rings. The molecule has 0 unspecified atom stereocenters. The molecule has 0 amide bonds. The first-order valence-corrected chi connectivity index (χ1v) is 6.72. The van der Waals surface area contributed by atoms with Crippen molar-refractivity contribution in [2.75, 3.05) is 21.3 Å². The van der Waals surface area contributed by atoms with Crippen LogP contribution in [0.25, 0.3) is 20.2 Å². The van der Waals surface area contributed by atoms with Crippen molar-refractivity contribution in [3.8, 4) is 17.2 Å². The largest absolute Gasteiger partial charge is 0.495 e. The van der Waals surface area contributed by atoms with Gasteiger partial charge >= 0.3 is 0 Å². The second-order valence-electron chi connectivity index (χ2n) is 4.12. The predicted octanol–water partition coefficient (Wildman–Crippen LogP) is 4.08. The Labute approximate surface area is 115 Å². The van der Waals surface area contributed by atoms with Crippen molar-refractivity contribution in [2.45, 2.75) is 0 Å². The lowest BCUT2D eigenvalue weighted by Crippen LogP contribution is -1.89. The molecule has 2 aromatic carbocycles. The topological polar surface area (TPSA) is 27.7 Å². The Kier molecular flexibility index (Phi) is 2.95. The lowest BCUT2D eigenvalue weighted by molar-refractivity contribution is 0.359. The average Bonchev–Trinajstić information content (AvgIpc) is 2.84. The molecule has 0 fully saturated rings. The van der Waals surface area contributed by atoms with Gasteiger partial charge in [0.05, 0.1) is 30.7 Å². The van der Waals surface area contributed by atoms with Crippen molar-refractivity contribution in [1.29, 1.82) is 0 Å². The van der Waals surface area contributed by atoms with Gasteiger partial charge in [0, 0.05) is 10.8 Å². The van der Waals surface area contributed by atoms with Crippen molar-refractivity contribution in [1.82, 2.24) is 0 Å². The molecule has 0 bridgehead atoms. The first kappa shape index (κ1) is 12.1. The van der Waals surface area contributed by atoms with Gasteiger partial charge in [-0.15, -0.1) is 11.3 Å². The van der Waals surface area contributed by atoms with E-state index in [1.54, 1.807) is 32.7 Å². The molecule has 4 heteroatoms. The third kappa shape index (κ3) is 1.71. The standard InChI is InChI=1S/C15H14O3S/c1-16-11-8-7-10-9-5-4-6-12(17-2)14(9)19-15(10)13(11)18-3/h4-8H,1-3H3. The van der Waals surface area contributed by atoms with Crippen LogP contribution in [-0.2, 0) is 0 Å². The zero-order valence-electron chi connectivity index (χ0n) is 11.0. The van der Waals surface area contributed by atoms with Gasteiger partial charge in [-0.2, -0.15) is 0 Å². The monoisotopic (exact) mass is 274 g/mol. The van der Waals surface area contributed by atoms with E-state index in [4.69, 9.17) is 14.2 Å². The Bertz CT molecular complexity index is 746. The van der Waals surface area contributed by atoms with Gasteiger partial charge in [-0.05, 0) is 18.2 Å². The van der Waals surface area contributed by atoms with Crippen LogP contribution in [0.15, 0.2) is 30.3 Å². The van der Waals surface area contributed by atoms with Gasteiger partial charge in [-0.1, -0.05) is 12.1 Å². The summed E-state index contributed by atoms with van der Waals surface area (Å²) < 4.78 is 18.5. The lowest BCUT2D eigenvalue weighted by Gasteiger charge is -2.07. The summed E-state index contributed by atoms with van der Waals surface area (Å²) in [7, 11) is 5.01. The van der Waals surface area contributed by atoms with Gasteiger partial charge in [0.15, 0.2) is 11.5 Å². The van der Waals surface area contributed by atoms with Crippen molar-refractivity contribution < 1.29 is 14.2 Å². The van der Waals surface area contributed by atoms with E-state index in [0.717, 1.165) is 32.0 Å². The quantitative estimate of drug-likeness (QED) is 0.720. The van der Waals surface area contributed by atoms with Crippen LogP contribution in [-0.4, -0.2) is 21.3 Å². The SMILES string of the molecule is COc1ccc2c(sc3c(OC)cccc32)c1OC. The summed E-state index contributed by atoms with van der Waals surface area (Å²) in [5.41, 5.74) is 0. The molecule has 0 saturated carbocycles. The molecule has 0 aliphatic heterocycles. The maximum atomic E-state index is 5.50. The molecule has 98 valence electrons. The number of rotatable bonds is 3. The molecule has 3 nitrogen and oxygen atoms in total. The summed E-state index contributed by atoms with van der Waals surface area (Å²) in [6, 6.07) is 10.1. The second-order valence-corrected chi connectivity index (χ2v) is 5.14. The van der Waals surface area contributed by atoms with Gasteiger partial charge in [-0.25, -0.2) is 0 Å². The molecular formula is C15H14O3S. The smallest absolute Gasteiger partial charge is 0.178 e. The zero-order chi connectivity index (χ0) is 13.4. The fraction of sp³-hybridized carbons (Fsp3) is 0.200. The predicted molar refractivity (Wildman–Crippen MR) is 79.0 cm³/mol. The van der Waals surface area contributed by atoms with E-state index in [-0.39, 0.29) is 0 Å². The van der Waals surface area contributed by atoms with Gasteiger partial charge in [0.25, 0.3) is 0 Å². The van der Waals surface area contributed by atoms with Crippen LogP contribution in [0.4, 0.5) is 0 Å². The molecular weight excluding hydrogens is 260 g/mol. The molecule has 1 heterocycles. The van der Waals surface area contributed by atoms with Crippen LogP contribution in [0.2, 0.25) is 0 Å². The van der Waals surface area contributed by atoms with Crippen LogP contribution in [0.1, 0.15) is 0 Å². The molecule has 19 heavy (non-hydrogen) atoms. The van der Waals surface area contributed by atoms with Gasteiger partial charge in [-0.3, -0.25) is 0 Å². The van der Waals surface area contributed by atoms with Crippen molar-refractivity contribution >= 4 is 31.5 Å². The summed E-state index contributed by atoms with van der Waals surface area (Å²) in [5, 5.41) is 2.34. The van der Waals surface area contributed by atoms with Crippen LogP contribution < -0.4 is 14.2 Å². The molecule has 1 aromatic heterocycles. The average molecular weight is 274 g/mol. The highest BCUT2D eigenvalue weighted by Crippen LogP contribution is 2.46. The number of methoxy groups -OCH3 is 3. The number of fused-ring (bicyclic) bond motifs is 3. The van der Waals surface area contributed by atoms with Crippen LogP contribution in [0.5, 0.6) is 17.2 Å². The van der Waals surface area contributed by atoms with Gasteiger partial charge in [0.1, 0.15) is 5.75 Å². The summed E-state index contributed by atoms with van der Waals surface area (Å²) in [6.45, 7) is 0. The van der Waals surface area contributed by atoms with Crippen molar-refractivity contribution in [2.24, 2.45) is 0 Å². The van der Waals surface area contributed by atoms with Gasteiger partial charge < -0.3 is 14.2 Å². The molecule has 0 N–H and O–H groups in total. The Morgan fingerprint density at radius 1 is 0.737 bits per heavy atom. The normalized spacial score (nSPS) is 10.9. The molecule has 0 atom stereocenters. The summed E-state index contributed by atoms with van der Waals surface area (Å²) in [6.07, 6.45) is 0. The Balaban J connectivity index is 2.45. The lowest BCUT2D eigenvalue weighted by atomic mass is 10.1. The highest BCUT2D eigenvalue weighted by atomic mass is 32.1. The summed E-state index contributed by atoms with van der Waals surface area (Å²) >= 11 is 1.66. The van der Waals surface area contributed by atoms with Crippen molar-refractivity contribution in [3.63, 3.8) is 0 Å². The van der Waals surface area contributed by atoms with Gasteiger partial charge in [0.2, 0.25) is 0 Å². The Hall–Kier alpha value is -1.94. The van der Waals surface area contributed by atoms with Crippen molar-refractivity contribution in [3.05, 3.63) is 30.3 Å². The fourth-order valence-electron chi connectivity index (χ4n) is 2.31. The minimum Gasteiger partial charge on any atom is -0.495 e. The molecule has 3 rings (SSSR count). The zero-order valence-corrected chi connectivity index (χ0v) is 11.8. The first-order chi connectivity index (χ1) is 9.30. The molecule has 0 saturated heterocycles. The van der Waals surface area contributed by atoms with Crippen LogP contribution >= 0.6 is 11.3 Å². The molecule has 0 radical (unpaired) electrons. The first-order valence-electron chi connectivity index (χ1n) is 5.90. The molecule has 0 aliphatic rings. The highest BCUT2D eigenvalue weighted by molar-refractivity contribution is 7.26. The Morgan fingerprint density at radius 2 is 1.47 bits per heavy atom. The maximum absolute atomic E-state index is 5.50. The minimum absolute atomic E-state index is 0.750. The number of ether oxygens (including phenoxy) is 3. The third-order valence-corrected chi connectivity index (χ3v) is 4.43. The maximum Gasteiger partial charge on any atom is 0.178 e. The Morgan fingerprint density at radius 3 is 2.16 bits per heavy atom. The number of benzene rings is 2. The fourth-order valence-corrected chi connectivity index (χ4v) is 3.62.